The third-order valence-corrected chi connectivity index (χ3v) is 11.5. The number of halogens is 5. The maximum atomic E-state index is 13.6. The molecule has 4 N–H and O–H groups in total. The van der Waals surface area contributed by atoms with E-state index < -0.39 is 52.7 Å². The third kappa shape index (κ3) is 15.5. The van der Waals surface area contributed by atoms with Crippen molar-refractivity contribution in [3.8, 4) is 11.5 Å². The second kappa shape index (κ2) is 26.7. The minimum atomic E-state index is -1.65. The second-order valence-corrected chi connectivity index (χ2v) is 17.7. The Labute approximate surface area is 435 Å². The molecule has 0 aliphatic rings. The number of carbonyl (C=O) groups excluding carboxylic acids is 6. The van der Waals surface area contributed by atoms with Gasteiger partial charge in [-0.3, -0.25) is 28.8 Å². The van der Waals surface area contributed by atoms with E-state index in [-0.39, 0.29) is 43.9 Å². The van der Waals surface area contributed by atoms with Crippen LogP contribution in [-0.2, 0) is 32.0 Å². The molecule has 3 atom stereocenters. The Balaban J connectivity index is 1.27. The normalized spacial score (nSPS) is 12.5. The Morgan fingerprint density at radius 3 is 1.39 bits per heavy atom. The largest absolute Gasteiger partial charge is 0.494 e. The standard InChI is InChI=1S/C50H49Cl5N8O8/c1-6-70-43-16-11-34(22-30(43)18-20-51)56-47(66)32-8-13-38(54)41(24-32)60-62-45(28(4)64)49(68)58-36-10-15-40(37(26-36)27(3)53)59-50(69)46(29(5)65)63-61-42-25-33(9-14-39(42)55)48(67)57-35-12-17-44(71-7-2)31(23-35)19-21-52/h8-17,22-27,45-46H,6-7,18-21H2,1-5H3,(H,56,66)(H,57,67)(H,58,68)(H,59,69). The van der Waals surface area contributed by atoms with Crippen LogP contribution in [0.5, 0.6) is 11.5 Å². The van der Waals surface area contributed by atoms with Gasteiger partial charge in [0, 0.05) is 45.6 Å². The fourth-order valence-corrected chi connectivity index (χ4v) is 7.64. The Morgan fingerprint density at radius 2 is 0.986 bits per heavy atom. The quantitative estimate of drug-likeness (QED) is 0.0279. The number of ketones is 2. The molecular formula is C50H49Cl5N8O8. The summed E-state index contributed by atoms with van der Waals surface area (Å²) in [7, 11) is 0. The van der Waals surface area contributed by atoms with Crippen LogP contribution < -0.4 is 30.7 Å². The zero-order valence-electron chi connectivity index (χ0n) is 39.1. The van der Waals surface area contributed by atoms with Crippen LogP contribution in [0.2, 0.25) is 10.0 Å². The number of amides is 4. The van der Waals surface area contributed by atoms with Crippen molar-refractivity contribution in [1.82, 2.24) is 0 Å². The van der Waals surface area contributed by atoms with E-state index in [2.05, 4.69) is 41.7 Å². The highest BCUT2D eigenvalue weighted by Crippen LogP contribution is 2.33. The van der Waals surface area contributed by atoms with Crippen molar-refractivity contribution in [3.05, 3.63) is 129 Å². The number of aryl methyl sites for hydroxylation is 2. The van der Waals surface area contributed by atoms with Crippen LogP contribution in [0.3, 0.4) is 0 Å². The molecule has 0 bridgehead atoms. The SMILES string of the molecule is CCOc1ccc(NC(=O)c2ccc(Cl)c(N=NC(C(C)=O)C(=O)Nc3ccc(NC(=O)C(N=Nc4cc(C(=O)Nc5ccc(OCC)c(CCCl)c5)ccc4Cl)C(C)=O)c(C(C)Cl)c3)c2)cc1CCCl. The molecule has 71 heavy (non-hydrogen) atoms. The summed E-state index contributed by atoms with van der Waals surface area (Å²) < 4.78 is 11.3. The van der Waals surface area contributed by atoms with Crippen molar-refractivity contribution < 1.29 is 38.2 Å². The summed E-state index contributed by atoms with van der Waals surface area (Å²) in [5.74, 6) is -1.99. The molecule has 5 rings (SSSR count). The number of carbonyl (C=O) groups is 6. The highest BCUT2D eigenvalue weighted by atomic mass is 35.5. The molecule has 0 saturated heterocycles. The van der Waals surface area contributed by atoms with E-state index in [9.17, 15) is 28.8 Å². The zero-order valence-corrected chi connectivity index (χ0v) is 42.9. The highest BCUT2D eigenvalue weighted by molar-refractivity contribution is 6.33. The van der Waals surface area contributed by atoms with Gasteiger partial charge in [0.1, 0.15) is 22.9 Å². The molecule has 0 aliphatic heterocycles. The van der Waals surface area contributed by atoms with E-state index >= 15 is 0 Å². The van der Waals surface area contributed by atoms with Crippen molar-refractivity contribution in [2.24, 2.45) is 20.5 Å². The van der Waals surface area contributed by atoms with Crippen molar-refractivity contribution in [2.45, 2.75) is 64.9 Å². The lowest BCUT2D eigenvalue weighted by Crippen LogP contribution is -2.32. The maximum Gasteiger partial charge on any atom is 0.258 e. The van der Waals surface area contributed by atoms with Gasteiger partial charge < -0.3 is 30.7 Å². The Kier molecular flexibility index (Phi) is 20.9. The molecule has 21 heteroatoms. The number of azo groups is 2. The lowest BCUT2D eigenvalue weighted by Gasteiger charge is -2.17. The second-order valence-electron chi connectivity index (χ2n) is 15.5. The molecule has 0 aliphatic carbocycles. The van der Waals surface area contributed by atoms with Gasteiger partial charge in [0.15, 0.2) is 11.6 Å². The molecule has 0 fully saturated rings. The lowest BCUT2D eigenvalue weighted by molar-refractivity contribution is -0.127. The molecule has 0 heterocycles. The van der Waals surface area contributed by atoms with Crippen LogP contribution in [0.15, 0.2) is 111 Å². The number of nitrogens with zero attached hydrogens (tertiary/aromatic N) is 4. The van der Waals surface area contributed by atoms with E-state index in [1.54, 1.807) is 43.3 Å². The number of anilines is 4. The Morgan fingerprint density at radius 1 is 0.563 bits per heavy atom. The van der Waals surface area contributed by atoms with Gasteiger partial charge in [-0.25, -0.2) is 0 Å². The number of benzene rings is 5. The molecule has 0 spiro atoms. The van der Waals surface area contributed by atoms with E-state index in [1.165, 1.54) is 54.6 Å². The first-order valence-corrected chi connectivity index (χ1v) is 24.3. The number of rotatable bonds is 23. The average molecular weight is 1070 g/mol. The number of Topliss-reactive ketones (excluding diaryl/α,β-unsaturated/α-hetero) is 2. The predicted octanol–water partition coefficient (Wildman–Crippen LogP) is 12.5. The first-order chi connectivity index (χ1) is 34.0. The number of hydrogen-bond donors (Lipinski definition) is 4. The smallest absolute Gasteiger partial charge is 0.258 e. The van der Waals surface area contributed by atoms with Crippen LogP contribution >= 0.6 is 58.0 Å². The van der Waals surface area contributed by atoms with E-state index in [0.717, 1.165) is 25.0 Å². The van der Waals surface area contributed by atoms with Crippen molar-refractivity contribution in [1.29, 1.82) is 0 Å². The maximum absolute atomic E-state index is 13.6. The molecule has 0 aromatic heterocycles. The van der Waals surface area contributed by atoms with Crippen LogP contribution in [0.25, 0.3) is 0 Å². The van der Waals surface area contributed by atoms with E-state index in [0.29, 0.717) is 66.3 Å². The molecule has 16 nitrogen and oxygen atoms in total. The van der Waals surface area contributed by atoms with Gasteiger partial charge in [0.2, 0.25) is 12.1 Å². The van der Waals surface area contributed by atoms with Gasteiger partial charge in [0.05, 0.1) is 28.6 Å². The van der Waals surface area contributed by atoms with Gasteiger partial charge in [-0.2, -0.15) is 20.5 Å². The zero-order chi connectivity index (χ0) is 51.8. The molecule has 5 aromatic carbocycles. The number of ether oxygens (including phenoxy) is 2. The monoisotopic (exact) mass is 1060 g/mol. The highest BCUT2D eigenvalue weighted by Gasteiger charge is 2.27. The predicted molar refractivity (Wildman–Crippen MR) is 279 cm³/mol. The first-order valence-electron chi connectivity index (χ1n) is 22.0. The van der Waals surface area contributed by atoms with Gasteiger partial charge in [0.25, 0.3) is 23.6 Å². The van der Waals surface area contributed by atoms with Crippen LogP contribution in [-0.4, -0.2) is 72.3 Å². The van der Waals surface area contributed by atoms with Crippen LogP contribution in [0, 0.1) is 0 Å². The van der Waals surface area contributed by atoms with Gasteiger partial charge in [-0.1, -0.05) is 23.2 Å². The number of nitrogens with one attached hydrogen (secondary N) is 4. The molecule has 0 radical (unpaired) electrons. The summed E-state index contributed by atoms with van der Waals surface area (Å²) in [5, 5.41) is 26.5. The summed E-state index contributed by atoms with van der Waals surface area (Å²) in [6.45, 7) is 8.58. The summed E-state index contributed by atoms with van der Waals surface area (Å²) >= 11 is 31.3. The van der Waals surface area contributed by atoms with Gasteiger partial charge in [-0.05, 0) is 155 Å². The fourth-order valence-electron chi connectivity index (χ4n) is 6.74. The Hall–Kier alpha value is -6.43. The molecule has 3 unspecified atom stereocenters. The molecule has 5 aromatic rings. The molecule has 372 valence electrons. The lowest BCUT2D eigenvalue weighted by atomic mass is 10.1. The van der Waals surface area contributed by atoms with Crippen molar-refractivity contribution in [2.75, 3.05) is 46.2 Å². The van der Waals surface area contributed by atoms with Crippen molar-refractivity contribution in [3.63, 3.8) is 0 Å². The fraction of sp³-hybridized carbons (Fsp3) is 0.280. The van der Waals surface area contributed by atoms with Gasteiger partial charge >= 0.3 is 0 Å². The number of hydrogen-bond acceptors (Lipinski definition) is 12. The summed E-state index contributed by atoms with van der Waals surface area (Å²) in [6.07, 6.45) is 1.05. The van der Waals surface area contributed by atoms with Crippen molar-refractivity contribution >= 4 is 127 Å². The van der Waals surface area contributed by atoms with E-state index in [4.69, 9.17) is 67.5 Å². The van der Waals surface area contributed by atoms with Crippen LogP contribution in [0.1, 0.15) is 77.4 Å². The summed E-state index contributed by atoms with van der Waals surface area (Å²) in [6, 6.07) is 20.0. The van der Waals surface area contributed by atoms with Gasteiger partial charge in [-0.15, -0.1) is 34.8 Å². The summed E-state index contributed by atoms with van der Waals surface area (Å²) in [5.41, 5.74) is 3.70. The van der Waals surface area contributed by atoms with Crippen LogP contribution in [0.4, 0.5) is 34.1 Å². The summed E-state index contributed by atoms with van der Waals surface area (Å²) in [4.78, 5) is 79.1. The number of alkyl halides is 3. The minimum Gasteiger partial charge on any atom is -0.494 e. The minimum absolute atomic E-state index is 0.0175. The Bertz CT molecular complexity index is 2860. The average Bonchev–Trinajstić information content (AvgIpc) is 3.32. The van der Waals surface area contributed by atoms with E-state index in [1.807, 2.05) is 13.8 Å². The molecule has 0 saturated carbocycles. The molecule has 4 amide bonds. The molecular weight excluding hydrogens is 1020 g/mol. The first kappa shape index (κ1) is 55.5. The topological polar surface area (TPSA) is 218 Å². The third-order valence-electron chi connectivity index (χ3n) is 10.2.